The van der Waals surface area contributed by atoms with Crippen LogP contribution in [0, 0.1) is 0 Å². The highest BCUT2D eigenvalue weighted by atomic mass is 15.1. The Kier molecular flexibility index (Phi) is 2.65. The molecular formula is C13H16N4. The lowest BCUT2D eigenvalue weighted by Gasteiger charge is -2.29. The van der Waals surface area contributed by atoms with Crippen LogP contribution in [0.5, 0.6) is 0 Å². The molecule has 0 bridgehead atoms. The predicted molar refractivity (Wildman–Crippen MR) is 65.9 cm³/mol. The van der Waals surface area contributed by atoms with Gasteiger partial charge in [0.05, 0.1) is 12.4 Å². The van der Waals surface area contributed by atoms with E-state index in [0.29, 0.717) is 12.0 Å². The third-order valence-corrected chi connectivity index (χ3v) is 3.50. The van der Waals surface area contributed by atoms with Gasteiger partial charge in [-0.3, -0.25) is 4.98 Å². The van der Waals surface area contributed by atoms with Crippen LogP contribution in [0.1, 0.15) is 30.1 Å². The molecule has 0 spiro atoms. The van der Waals surface area contributed by atoms with E-state index in [1.807, 2.05) is 24.9 Å². The molecule has 4 nitrogen and oxygen atoms in total. The van der Waals surface area contributed by atoms with E-state index in [2.05, 4.69) is 38.9 Å². The fourth-order valence-electron chi connectivity index (χ4n) is 2.26. The molecule has 0 aromatic carbocycles. The van der Waals surface area contributed by atoms with Gasteiger partial charge in [0.25, 0.3) is 0 Å². The van der Waals surface area contributed by atoms with Crippen molar-refractivity contribution in [3.8, 4) is 0 Å². The lowest BCUT2D eigenvalue weighted by molar-refractivity contribution is 0.418. The van der Waals surface area contributed by atoms with Crippen LogP contribution in [-0.2, 0) is 0 Å². The highest BCUT2D eigenvalue weighted by molar-refractivity contribution is 5.20. The van der Waals surface area contributed by atoms with Crippen LogP contribution < -0.4 is 5.32 Å². The summed E-state index contributed by atoms with van der Waals surface area (Å²) in [7, 11) is 0. The summed E-state index contributed by atoms with van der Waals surface area (Å²) in [6.07, 6.45) is 7.60. The topological polar surface area (TPSA) is 42.7 Å². The lowest BCUT2D eigenvalue weighted by atomic mass is 9.99. The van der Waals surface area contributed by atoms with Crippen molar-refractivity contribution in [2.24, 2.45) is 0 Å². The van der Waals surface area contributed by atoms with Gasteiger partial charge in [-0.15, -0.1) is 0 Å². The quantitative estimate of drug-likeness (QED) is 0.867. The van der Waals surface area contributed by atoms with Crippen LogP contribution >= 0.6 is 0 Å². The molecule has 1 atom stereocenters. The number of rotatable bonds is 3. The first-order valence-corrected chi connectivity index (χ1v) is 5.98. The third kappa shape index (κ3) is 1.85. The SMILES string of the molecule is CC(c1ccncc1)n1cncc1C1CNC1. The molecule has 1 saturated heterocycles. The average Bonchev–Trinajstić information content (AvgIpc) is 2.76. The zero-order chi connectivity index (χ0) is 11.7. The number of imidazole rings is 1. The predicted octanol–water partition coefficient (Wildman–Crippen LogP) is 1.57. The molecular weight excluding hydrogens is 212 g/mol. The minimum atomic E-state index is 0.316. The lowest BCUT2D eigenvalue weighted by Crippen LogP contribution is -2.41. The van der Waals surface area contributed by atoms with Crippen molar-refractivity contribution in [1.82, 2.24) is 19.9 Å². The Labute approximate surface area is 101 Å². The van der Waals surface area contributed by atoms with Crippen LogP contribution in [-0.4, -0.2) is 27.6 Å². The van der Waals surface area contributed by atoms with Crippen molar-refractivity contribution in [3.05, 3.63) is 48.3 Å². The van der Waals surface area contributed by atoms with E-state index in [-0.39, 0.29) is 0 Å². The summed E-state index contributed by atoms with van der Waals surface area (Å²) in [4.78, 5) is 8.35. The number of nitrogens with one attached hydrogen (secondary N) is 1. The van der Waals surface area contributed by atoms with Crippen LogP contribution in [0.4, 0.5) is 0 Å². The molecule has 1 fully saturated rings. The van der Waals surface area contributed by atoms with Crippen LogP contribution in [0.3, 0.4) is 0 Å². The summed E-state index contributed by atoms with van der Waals surface area (Å²) >= 11 is 0. The first kappa shape index (κ1) is 10.5. The molecule has 0 saturated carbocycles. The van der Waals surface area contributed by atoms with Gasteiger partial charge in [0.1, 0.15) is 0 Å². The van der Waals surface area contributed by atoms with E-state index in [4.69, 9.17) is 0 Å². The van der Waals surface area contributed by atoms with Gasteiger partial charge >= 0.3 is 0 Å². The first-order chi connectivity index (χ1) is 8.36. The minimum Gasteiger partial charge on any atom is -0.327 e. The molecule has 1 N–H and O–H groups in total. The molecule has 1 aliphatic heterocycles. The molecule has 2 aromatic rings. The third-order valence-electron chi connectivity index (χ3n) is 3.50. The van der Waals surface area contributed by atoms with Gasteiger partial charge < -0.3 is 9.88 Å². The average molecular weight is 228 g/mol. The van der Waals surface area contributed by atoms with Crippen LogP contribution in [0.25, 0.3) is 0 Å². The number of hydrogen-bond donors (Lipinski definition) is 1. The second-order valence-corrected chi connectivity index (χ2v) is 4.54. The summed E-state index contributed by atoms with van der Waals surface area (Å²) in [5.41, 5.74) is 2.60. The van der Waals surface area contributed by atoms with E-state index in [1.54, 1.807) is 0 Å². The minimum absolute atomic E-state index is 0.316. The molecule has 1 aliphatic rings. The fourth-order valence-corrected chi connectivity index (χ4v) is 2.26. The van der Waals surface area contributed by atoms with E-state index < -0.39 is 0 Å². The summed E-state index contributed by atoms with van der Waals surface area (Å²) in [5.74, 6) is 0.613. The Morgan fingerprint density at radius 1 is 1.29 bits per heavy atom. The second kappa shape index (κ2) is 4.30. The van der Waals surface area contributed by atoms with Crippen LogP contribution in [0.2, 0.25) is 0 Å². The molecule has 3 rings (SSSR count). The zero-order valence-electron chi connectivity index (χ0n) is 9.87. The maximum absolute atomic E-state index is 4.29. The van der Waals surface area contributed by atoms with Gasteiger partial charge in [0.15, 0.2) is 0 Å². The van der Waals surface area contributed by atoms with E-state index in [9.17, 15) is 0 Å². The van der Waals surface area contributed by atoms with Crippen molar-refractivity contribution in [2.75, 3.05) is 13.1 Å². The first-order valence-electron chi connectivity index (χ1n) is 5.98. The summed E-state index contributed by atoms with van der Waals surface area (Å²) in [5, 5.41) is 3.30. The Bertz CT molecular complexity index is 487. The van der Waals surface area contributed by atoms with Gasteiger partial charge in [-0.2, -0.15) is 0 Å². The highest BCUT2D eigenvalue weighted by Crippen LogP contribution is 2.25. The Morgan fingerprint density at radius 3 is 2.71 bits per heavy atom. The van der Waals surface area contributed by atoms with Crippen molar-refractivity contribution in [1.29, 1.82) is 0 Å². The molecule has 2 aromatic heterocycles. The Balaban J connectivity index is 1.91. The summed E-state index contributed by atoms with van der Waals surface area (Å²) in [6.45, 7) is 4.33. The molecule has 3 heterocycles. The van der Waals surface area contributed by atoms with Gasteiger partial charge in [-0.25, -0.2) is 4.98 Å². The highest BCUT2D eigenvalue weighted by Gasteiger charge is 2.24. The molecule has 0 radical (unpaired) electrons. The summed E-state index contributed by atoms with van der Waals surface area (Å²) < 4.78 is 2.26. The van der Waals surface area contributed by atoms with Gasteiger partial charge in [0.2, 0.25) is 0 Å². The molecule has 4 heteroatoms. The monoisotopic (exact) mass is 228 g/mol. The fraction of sp³-hybridized carbons (Fsp3) is 0.385. The summed E-state index contributed by atoms with van der Waals surface area (Å²) in [6, 6.07) is 4.44. The van der Waals surface area contributed by atoms with Crippen molar-refractivity contribution in [3.63, 3.8) is 0 Å². The maximum atomic E-state index is 4.29. The van der Waals surface area contributed by atoms with Crippen molar-refractivity contribution >= 4 is 0 Å². The Morgan fingerprint density at radius 2 is 2.06 bits per heavy atom. The second-order valence-electron chi connectivity index (χ2n) is 4.54. The normalized spacial score (nSPS) is 17.7. The molecule has 0 aliphatic carbocycles. The largest absolute Gasteiger partial charge is 0.327 e. The van der Waals surface area contributed by atoms with E-state index >= 15 is 0 Å². The molecule has 17 heavy (non-hydrogen) atoms. The maximum Gasteiger partial charge on any atom is 0.0953 e. The van der Waals surface area contributed by atoms with Gasteiger partial charge in [0, 0.05) is 43.3 Å². The number of pyridine rings is 1. The van der Waals surface area contributed by atoms with E-state index in [0.717, 1.165) is 13.1 Å². The van der Waals surface area contributed by atoms with Crippen molar-refractivity contribution in [2.45, 2.75) is 18.9 Å². The number of hydrogen-bond acceptors (Lipinski definition) is 3. The van der Waals surface area contributed by atoms with Crippen molar-refractivity contribution < 1.29 is 0 Å². The smallest absolute Gasteiger partial charge is 0.0953 e. The van der Waals surface area contributed by atoms with Crippen LogP contribution in [0.15, 0.2) is 37.1 Å². The number of aromatic nitrogens is 3. The molecule has 88 valence electrons. The molecule has 0 amide bonds. The standard InChI is InChI=1S/C13H16N4/c1-10(11-2-4-14-5-3-11)17-9-16-8-13(17)12-6-15-7-12/h2-5,8-10,12,15H,6-7H2,1H3. The number of nitrogens with zero attached hydrogens (tertiary/aromatic N) is 3. The zero-order valence-corrected chi connectivity index (χ0v) is 9.87. The molecule has 1 unspecified atom stereocenters. The van der Waals surface area contributed by atoms with Gasteiger partial charge in [-0.05, 0) is 24.6 Å². The van der Waals surface area contributed by atoms with E-state index in [1.165, 1.54) is 11.3 Å². The Hall–Kier alpha value is -1.68. The van der Waals surface area contributed by atoms with Gasteiger partial charge in [-0.1, -0.05) is 0 Å².